The molecule has 4 heterocycles. The van der Waals surface area contributed by atoms with Gasteiger partial charge in [0.1, 0.15) is 11.6 Å². The van der Waals surface area contributed by atoms with Crippen molar-refractivity contribution in [3.8, 4) is 11.3 Å². The highest BCUT2D eigenvalue weighted by Gasteiger charge is 2.18. The predicted molar refractivity (Wildman–Crippen MR) is 98.6 cm³/mol. The molecule has 4 aromatic heterocycles. The number of aryl methyl sites for hydroxylation is 2. The molecule has 0 spiro atoms. The Labute approximate surface area is 157 Å². The van der Waals surface area contributed by atoms with Gasteiger partial charge in [-0.25, -0.2) is 18.3 Å². The molecule has 0 N–H and O–H groups in total. The van der Waals surface area contributed by atoms with Crippen LogP contribution in [0.25, 0.3) is 27.8 Å². The van der Waals surface area contributed by atoms with Gasteiger partial charge >= 0.3 is 0 Å². The summed E-state index contributed by atoms with van der Waals surface area (Å²) < 4.78 is 34.3. The Bertz CT molecular complexity index is 1350. The molecule has 5 aromatic rings. The third kappa shape index (κ3) is 2.47. The van der Waals surface area contributed by atoms with Crippen LogP contribution in [0.4, 0.5) is 8.78 Å². The van der Waals surface area contributed by atoms with Gasteiger partial charge < -0.3 is 0 Å². The second-order valence-corrected chi connectivity index (χ2v) is 6.67. The number of hydrogen-bond donors (Lipinski definition) is 0. The molecule has 5 rings (SSSR count). The summed E-state index contributed by atoms with van der Waals surface area (Å²) in [6.45, 7) is 0. The maximum atomic E-state index is 14.9. The van der Waals surface area contributed by atoms with Gasteiger partial charge in [0, 0.05) is 43.9 Å². The minimum atomic E-state index is -0.619. The van der Waals surface area contributed by atoms with Gasteiger partial charge in [0.05, 0.1) is 40.9 Å². The number of fused-ring (bicyclic) bond motifs is 2. The summed E-state index contributed by atoms with van der Waals surface area (Å²) in [5.74, 6) is -1.23. The largest absolute Gasteiger partial charge is 0.275 e. The SMILES string of the molecule is Cn1cc(-c2ccc3ncc(Cc4c(F)cc5c(cnn5C)c4F)n3n2)cn1. The van der Waals surface area contributed by atoms with E-state index in [1.165, 1.54) is 16.9 Å². The van der Waals surface area contributed by atoms with E-state index in [9.17, 15) is 8.78 Å². The molecule has 0 aliphatic carbocycles. The Morgan fingerprint density at radius 3 is 2.68 bits per heavy atom. The van der Waals surface area contributed by atoms with Crippen LogP contribution in [0.1, 0.15) is 11.3 Å². The van der Waals surface area contributed by atoms with Gasteiger partial charge in [-0.3, -0.25) is 9.36 Å². The smallest absolute Gasteiger partial charge is 0.153 e. The summed E-state index contributed by atoms with van der Waals surface area (Å²) in [5.41, 5.74) is 3.11. The fourth-order valence-electron chi connectivity index (χ4n) is 3.35. The molecule has 0 radical (unpaired) electrons. The molecule has 0 amide bonds. The van der Waals surface area contributed by atoms with Crippen LogP contribution in [-0.4, -0.2) is 34.2 Å². The molecule has 0 fully saturated rings. The molecule has 0 unspecified atom stereocenters. The van der Waals surface area contributed by atoms with E-state index in [1.54, 1.807) is 28.6 Å². The quantitative estimate of drug-likeness (QED) is 0.484. The van der Waals surface area contributed by atoms with Crippen molar-refractivity contribution in [1.82, 2.24) is 34.2 Å². The number of hydrogen-bond acceptors (Lipinski definition) is 4. The maximum absolute atomic E-state index is 14.9. The summed E-state index contributed by atoms with van der Waals surface area (Å²) in [7, 11) is 3.47. The Hall–Kier alpha value is -3.62. The number of imidazole rings is 1. The van der Waals surface area contributed by atoms with Crippen LogP contribution in [0.3, 0.4) is 0 Å². The lowest BCUT2D eigenvalue weighted by Gasteiger charge is -2.07. The lowest BCUT2D eigenvalue weighted by molar-refractivity contribution is 0.567. The molecular formula is C19H15F2N7. The van der Waals surface area contributed by atoms with Crippen molar-refractivity contribution in [2.24, 2.45) is 14.1 Å². The zero-order valence-electron chi connectivity index (χ0n) is 15.1. The monoisotopic (exact) mass is 379 g/mol. The van der Waals surface area contributed by atoms with E-state index in [0.29, 0.717) is 22.6 Å². The van der Waals surface area contributed by atoms with Gasteiger partial charge in [-0.15, -0.1) is 0 Å². The van der Waals surface area contributed by atoms with Crippen LogP contribution >= 0.6 is 0 Å². The number of aromatic nitrogens is 7. The first-order chi connectivity index (χ1) is 13.5. The fraction of sp³-hybridized carbons (Fsp3) is 0.158. The Balaban J connectivity index is 1.61. The van der Waals surface area contributed by atoms with Crippen LogP contribution < -0.4 is 0 Å². The molecule has 140 valence electrons. The van der Waals surface area contributed by atoms with Crippen molar-refractivity contribution in [2.45, 2.75) is 6.42 Å². The van der Waals surface area contributed by atoms with Crippen molar-refractivity contribution in [2.75, 3.05) is 0 Å². The highest BCUT2D eigenvalue weighted by Crippen LogP contribution is 2.26. The van der Waals surface area contributed by atoms with E-state index < -0.39 is 11.6 Å². The van der Waals surface area contributed by atoms with Gasteiger partial charge in [-0.2, -0.15) is 15.3 Å². The Morgan fingerprint density at radius 1 is 1.04 bits per heavy atom. The van der Waals surface area contributed by atoms with E-state index in [0.717, 1.165) is 5.56 Å². The lowest BCUT2D eigenvalue weighted by atomic mass is 10.1. The zero-order valence-corrected chi connectivity index (χ0v) is 15.1. The average Bonchev–Trinajstić information content (AvgIpc) is 3.38. The molecule has 0 bridgehead atoms. The van der Waals surface area contributed by atoms with Gasteiger partial charge in [-0.1, -0.05) is 0 Å². The van der Waals surface area contributed by atoms with E-state index in [2.05, 4.69) is 20.3 Å². The normalized spacial score (nSPS) is 11.7. The molecule has 0 aliphatic heterocycles. The Morgan fingerprint density at radius 2 is 1.89 bits per heavy atom. The van der Waals surface area contributed by atoms with Gasteiger partial charge in [0.15, 0.2) is 5.65 Å². The molecule has 7 nitrogen and oxygen atoms in total. The van der Waals surface area contributed by atoms with E-state index in [4.69, 9.17) is 0 Å². The summed E-state index contributed by atoms with van der Waals surface area (Å²) >= 11 is 0. The molecule has 0 saturated carbocycles. The van der Waals surface area contributed by atoms with Crippen LogP contribution in [0.15, 0.2) is 43.0 Å². The fourth-order valence-corrected chi connectivity index (χ4v) is 3.35. The van der Waals surface area contributed by atoms with Crippen molar-refractivity contribution < 1.29 is 8.78 Å². The molecule has 0 aliphatic rings. The molecule has 9 heteroatoms. The van der Waals surface area contributed by atoms with Crippen molar-refractivity contribution >= 4 is 16.6 Å². The van der Waals surface area contributed by atoms with Crippen LogP contribution in [0, 0.1) is 11.6 Å². The molecule has 28 heavy (non-hydrogen) atoms. The number of benzene rings is 1. The standard InChI is InChI=1S/C19H15F2N7/c1-26-10-11(7-23-26)16-3-4-18-22-8-12(28(18)25-16)5-13-15(20)6-17-14(19(13)21)9-24-27(17)2/h3-4,6-10H,5H2,1-2H3. The third-order valence-electron chi connectivity index (χ3n) is 4.83. The van der Waals surface area contributed by atoms with Crippen molar-refractivity contribution in [1.29, 1.82) is 0 Å². The van der Waals surface area contributed by atoms with Crippen molar-refractivity contribution in [3.05, 3.63) is 65.9 Å². The highest BCUT2D eigenvalue weighted by molar-refractivity contribution is 5.80. The van der Waals surface area contributed by atoms with Crippen LogP contribution in [0.5, 0.6) is 0 Å². The maximum Gasteiger partial charge on any atom is 0.153 e. The lowest BCUT2D eigenvalue weighted by Crippen LogP contribution is -2.04. The molecule has 1 aromatic carbocycles. The number of nitrogens with zero attached hydrogens (tertiary/aromatic N) is 7. The molecular weight excluding hydrogens is 364 g/mol. The van der Waals surface area contributed by atoms with Gasteiger partial charge in [0.2, 0.25) is 0 Å². The second-order valence-electron chi connectivity index (χ2n) is 6.67. The first-order valence-corrected chi connectivity index (χ1v) is 8.62. The van der Waals surface area contributed by atoms with Crippen LogP contribution in [-0.2, 0) is 20.5 Å². The van der Waals surface area contributed by atoms with Gasteiger partial charge in [-0.05, 0) is 12.1 Å². The topological polar surface area (TPSA) is 65.8 Å². The number of halogens is 2. The first-order valence-electron chi connectivity index (χ1n) is 8.62. The van der Waals surface area contributed by atoms with E-state index in [1.807, 2.05) is 25.4 Å². The third-order valence-corrected chi connectivity index (χ3v) is 4.83. The average molecular weight is 379 g/mol. The highest BCUT2D eigenvalue weighted by atomic mass is 19.1. The second kappa shape index (κ2) is 5.95. The number of rotatable bonds is 3. The molecule has 0 saturated heterocycles. The summed E-state index contributed by atoms with van der Waals surface area (Å²) in [6, 6.07) is 4.96. The Kier molecular flexibility index (Phi) is 3.51. The summed E-state index contributed by atoms with van der Waals surface area (Å²) in [5, 5.41) is 13.0. The predicted octanol–water partition coefficient (Wildman–Crippen LogP) is 2.89. The summed E-state index contributed by atoms with van der Waals surface area (Å²) in [4.78, 5) is 4.30. The minimum absolute atomic E-state index is 0.0210. The zero-order chi connectivity index (χ0) is 19.4. The summed E-state index contributed by atoms with van der Waals surface area (Å²) in [6.07, 6.45) is 6.57. The van der Waals surface area contributed by atoms with E-state index in [-0.39, 0.29) is 17.4 Å². The van der Waals surface area contributed by atoms with Gasteiger partial charge in [0.25, 0.3) is 0 Å². The molecule has 0 atom stereocenters. The minimum Gasteiger partial charge on any atom is -0.275 e. The van der Waals surface area contributed by atoms with Crippen LogP contribution in [0.2, 0.25) is 0 Å². The van der Waals surface area contributed by atoms with Crippen molar-refractivity contribution in [3.63, 3.8) is 0 Å². The van der Waals surface area contributed by atoms with E-state index >= 15 is 0 Å². The first kappa shape index (κ1) is 16.5.